The van der Waals surface area contributed by atoms with Crippen LogP contribution in [0.25, 0.3) is 0 Å². The van der Waals surface area contributed by atoms with E-state index < -0.39 is 11.7 Å². The van der Waals surface area contributed by atoms with Crippen molar-refractivity contribution in [2.24, 2.45) is 5.84 Å². The van der Waals surface area contributed by atoms with Crippen LogP contribution in [0.1, 0.15) is 10.4 Å². The van der Waals surface area contributed by atoms with E-state index in [1.54, 1.807) is 6.07 Å². The molecule has 1 amide bonds. The van der Waals surface area contributed by atoms with Crippen LogP contribution in [-0.4, -0.2) is 25.2 Å². The number of anilines is 1. The maximum Gasteiger partial charge on any atom is 0.272 e. The van der Waals surface area contributed by atoms with E-state index >= 15 is 0 Å². The summed E-state index contributed by atoms with van der Waals surface area (Å²) in [6, 6.07) is 8.21. The van der Waals surface area contributed by atoms with Crippen LogP contribution < -0.4 is 20.3 Å². The molecule has 0 saturated heterocycles. The lowest BCUT2D eigenvalue weighted by atomic mass is 10.1. The molecule has 6 nitrogen and oxygen atoms in total. The Morgan fingerprint density at radius 2 is 1.73 bits per heavy atom. The van der Waals surface area contributed by atoms with E-state index in [0.717, 1.165) is 0 Å². The Morgan fingerprint density at radius 3 is 2.23 bits per heavy atom. The van der Waals surface area contributed by atoms with Crippen LogP contribution in [0, 0.1) is 5.82 Å². The number of ether oxygens (including phenoxy) is 2. The highest BCUT2D eigenvalue weighted by Gasteiger charge is 2.21. The second-order valence-corrected chi connectivity index (χ2v) is 4.36. The lowest BCUT2D eigenvalue weighted by Crippen LogP contribution is -2.38. The fraction of sp³-hybridized carbons (Fsp3) is 0.133. The van der Waals surface area contributed by atoms with Crippen molar-refractivity contribution in [1.82, 2.24) is 0 Å². The minimum absolute atomic E-state index is 0.0460. The highest BCUT2D eigenvalue weighted by Crippen LogP contribution is 2.37. The molecule has 2 aromatic rings. The first-order chi connectivity index (χ1) is 10.5. The molecule has 0 saturated carbocycles. The Morgan fingerprint density at radius 1 is 1.18 bits per heavy atom. The quantitative estimate of drug-likeness (QED) is 0.513. The van der Waals surface area contributed by atoms with E-state index in [9.17, 15) is 14.3 Å². The average Bonchev–Trinajstić information content (AvgIpc) is 2.54. The van der Waals surface area contributed by atoms with E-state index in [1.165, 1.54) is 44.6 Å². The van der Waals surface area contributed by atoms with E-state index in [-0.39, 0.29) is 28.5 Å². The molecule has 2 rings (SSSR count). The number of hydrazine groups is 1. The summed E-state index contributed by atoms with van der Waals surface area (Å²) in [5, 5.41) is 10.5. The summed E-state index contributed by atoms with van der Waals surface area (Å²) in [6.07, 6.45) is 0. The monoisotopic (exact) mass is 306 g/mol. The summed E-state index contributed by atoms with van der Waals surface area (Å²) < 4.78 is 23.7. The zero-order chi connectivity index (χ0) is 16.3. The van der Waals surface area contributed by atoms with Gasteiger partial charge in [-0.1, -0.05) is 12.1 Å². The first-order valence-corrected chi connectivity index (χ1v) is 6.28. The number of nitrogens with zero attached hydrogens (tertiary/aromatic N) is 1. The Labute approximate surface area is 126 Å². The summed E-state index contributed by atoms with van der Waals surface area (Å²) in [5.41, 5.74) is 0.00996. The number of phenols is 1. The van der Waals surface area contributed by atoms with Gasteiger partial charge in [0.25, 0.3) is 5.91 Å². The van der Waals surface area contributed by atoms with Gasteiger partial charge in [-0.2, -0.15) is 0 Å². The van der Waals surface area contributed by atoms with Gasteiger partial charge in [-0.3, -0.25) is 4.79 Å². The molecule has 0 bridgehead atoms. The number of hydrogen-bond acceptors (Lipinski definition) is 5. The molecule has 116 valence electrons. The van der Waals surface area contributed by atoms with Crippen molar-refractivity contribution in [3.63, 3.8) is 0 Å². The Hall–Kier alpha value is -2.80. The SMILES string of the molecule is COc1cc(C(=O)N(N)c2ccccc2F)cc(OC)c1O. The maximum atomic E-state index is 13.7. The van der Waals surface area contributed by atoms with Gasteiger partial charge in [-0.15, -0.1) is 0 Å². The molecule has 2 aromatic carbocycles. The Balaban J connectivity index is 2.43. The zero-order valence-corrected chi connectivity index (χ0v) is 12.0. The third-order valence-electron chi connectivity index (χ3n) is 3.06. The molecule has 3 N–H and O–H groups in total. The van der Waals surface area contributed by atoms with Crippen molar-refractivity contribution in [2.75, 3.05) is 19.2 Å². The normalized spacial score (nSPS) is 10.2. The number of amides is 1. The summed E-state index contributed by atoms with van der Waals surface area (Å²) >= 11 is 0. The highest BCUT2D eigenvalue weighted by atomic mass is 19.1. The van der Waals surface area contributed by atoms with Crippen LogP contribution in [0.15, 0.2) is 36.4 Å². The van der Waals surface area contributed by atoms with E-state index in [2.05, 4.69) is 0 Å². The van der Waals surface area contributed by atoms with Crippen molar-refractivity contribution in [1.29, 1.82) is 0 Å². The molecular formula is C15H15FN2O4. The molecule has 0 aromatic heterocycles. The minimum atomic E-state index is -0.679. The van der Waals surface area contributed by atoms with Crippen molar-refractivity contribution in [3.8, 4) is 17.2 Å². The molecule has 0 unspecified atom stereocenters. The molecule has 7 heteroatoms. The number of benzene rings is 2. The molecule has 0 aliphatic rings. The summed E-state index contributed by atoms with van der Waals surface area (Å²) in [7, 11) is 2.67. The Kier molecular flexibility index (Phi) is 4.47. The topological polar surface area (TPSA) is 85.0 Å². The number of phenolic OH excluding ortho intramolecular Hbond substituents is 1. The van der Waals surface area contributed by atoms with Gasteiger partial charge in [0.1, 0.15) is 5.82 Å². The number of methoxy groups -OCH3 is 2. The third kappa shape index (κ3) is 2.79. The summed E-state index contributed by atoms with van der Waals surface area (Å²) in [5.74, 6) is 4.24. The van der Waals surface area contributed by atoms with Crippen LogP contribution in [0.4, 0.5) is 10.1 Å². The predicted molar refractivity (Wildman–Crippen MR) is 78.6 cm³/mol. The number of carbonyl (C=O) groups is 1. The number of halogens is 1. The van der Waals surface area contributed by atoms with Gasteiger partial charge in [-0.25, -0.2) is 15.2 Å². The van der Waals surface area contributed by atoms with Crippen LogP contribution in [0.5, 0.6) is 17.2 Å². The van der Waals surface area contributed by atoms with Gasteiger partial charge in [0.15, 0.2) is 11.5 Å². The van der Waals surface area contributed by atoms with Crippen LogP contribution in [0.3, 0.4) is 0 Å². The second-order valence-electron chi connectivity index (χ2n) is 4.36. The Bertz CT molecular complexity index is 681. The van der Waals surface area contributed by atoms with Gasteiger partial charge in [0.05, 0.1) is 19.9 Å². The molecule has 0 aliphatic carbocycles. The molecule has 22 heavy (non-hydrogen) atoms. The third-order valence-corrected chi connectivity index (χ3v) is 3.06. The predicted octanol–water partition coefficient (Wildman–Crippen LogP) is 2.07. The van der Waals surface area contributed by atoms with Crippen molar-refractivity contribution >= 4 is 11.6 Å². The molecule has 0 atom stereocenters. The smallest absolute Gasteiger partial charge is 0.272 e. The van der Waals surface area contributed by atoms with E-state index in [4.69, 9.17) is 15.3 Å². The molecular weight excluding hydrogens is 291 g/mol. The lowest BCUT2D eigenvalue weighted by molar-refractivity contribution is 0.0985. The molecule has 0 fully saturated rings. The maximum absolute atomic E-state index is 13.7. The van der Waals surface area contributed by atoms with Gasteiger partial charge < -0.3 is 14.6 Å². The number of rotatable bonds is 4. The molecule has 0 spiro atoms. The van der Waals surface area contributed by atoms with E-state index in [1.807, 2.05) is 0 Å². The summed E-state index contributed by atoms with van der Waals surface area (Å²) in [6.45, 7) is 0. The fourth-order valence-electron chi connectivity index (χ4n) is 1.91. The van der Waals surface area contributed by atoms with Gasteiger partial charge in [0, 0.05) is 5.56 Å². The number of para-hydroxylation sites is 1. The number of nitrogens with two attached hydrogens (primary N) is 1. The van der Waals surface area contributed by atoms with Crippen LogP contribution >= 0.6 is 0 Å². The first kappa shape index (κ1) is 15.6. The number of carbonyl (C=O) groups excluding carboxylic acids is 1. The number of hydrogen-bond donors (Lipinski definition) is 2. The van der Waals surface area contributed by atoms with Crippen LogP contribution in [0.2, 0.25) is 0 Å². The average molecular weight is 306 g/mol. The standard InChI is InChI=1S/C15H15FN2O4/c1-21-12-7-9(8-13(22-2)14(12)19)15(20)18(17)11-6-4-3-5-10(11)16/h3-8,19H,17H2,1-2H3. The van der Waals surface area contributed by atoms with Gasteiger partial charge in [0.2, 0.25) is 5.75 Å². The fourth-order valence-corrected chi connectivity index (χ4v) is 1.91. The lowest BCUT2D eigenvalue weighted by Gasteiger charge is -2.18. The minimum Gasteiger partial charge on any atom is -0.502 e. The van der Waals surface area contributed by atoms with Crippen LogP contribution in [-0.2, 0) is 0 Å². The van der Waals surface area contributed by atoms with E-state index in [0.29, 0.717) is 5.01 Å². The number of aromatic hydroxyl groups is 1. The largest absolute Gasteiger partial charge is 0.502 e. The van der Waals surface area contributed by atoms with Crippen molar-refractivity contribution in [3.05, 3.63) is 47.8 Å². The molecule has 0 heterocycles. The van der Waals surface area contributed by atoms with Crippen molar-refractivity contribution in [2.45, 2.75) is 0 Å². The zero-order valence-electron chi connectivity index (χ0n) is 12.0. The highest BCUT2D eigenvalue weighted by molar-refractivity contribution is 6.06. The molecule has 0 aliphatic heterocycles. The molecule has 0 radical (unpaired) electrons. The van der Waals surface area contributed by atoms with Crippen molar-refractivity contribution < 1.29 is 23.8 Å². The van der Waals surface area contributed by atoms with Gasteiger partial charge in [-0.05, 0) is 24.3 Å². The second kappa shape index (κ2) is 6.31. The van der Waals surface area contributed by atoms with Gasteiger partial charge >= 0.3 is 0 Å². The first-order valence-electron chi connectivity index (χ1n) is 6.28. The summed E-state index contributed by atoms with van der Waals surface area (Å²) in [4.78, 5) is 12.4.